The molecule has 2 rings (SSSR count). The molecule has 100 valence electrons. The van der Waals surface area contributed by atoms with E-state index >= 15 is 0 Å². The van der Waals surface area contributed by atoms with Gasteiger partial charge in [0.15, 0.2) is 0 Å². The van der Waals surface area contributed by atoms with Crippen molar-refractivity contribution >= 4 is 39.1 Å². The van der Waals surface area contributed by atoms with Crippen LogP contribution in [-0.4, -0.2) is 4.98 Å². The van der Waals surface area contributed by atoms with Crippen LogP contribution in [0, 0.1) is 0 Å². The molecule has 0 spiro atoms. The third kappa shape index (κ3) is 4.20. The molecule has 0 bridgehead atoms. The summed E-state index contributed by atoms with van der Waals surface area (Å²) in [6, 6.07) is 7.82. The summed E-state index contributed by atoms with van der Waals surface area (Å²) in [6.45, 7) is 2.18. The number of hydrogen-bond acceptors (Lipinski definition) is 1. The molecule has 1 atom stereocenters. The minimum absolute atomic E-state index is 0.416. The summed E-state index contributed by atoms with van der Waals surface area (Å²) in [5, 5.41) is 1.37. The Morgan fingerprint density at radius 2 is 1.79 bits per heavy atom. The van der Waals surface area contributed by atoms with Gasteiger partial charge in [0, 0.05) is 26.9 Å². The van der Waals surface area contributed by atoms with Crippen molar-refractivity contribution in [3.63, 3.8) is 0 Å². The third-order valence-electron chi connectivity index (χ3n) is 3.09. The molecule has 0 saturated carbocycles. The second-order valence-corrected chi connectivity index (χ2v) is 6.31. The monoisotopic (exact) mass is 357 g/mol. The second kappa shape index (κ2) is 6.74. The number of aromatic nitrogens is 1. The number of rotatable bonds is 4. The Labute approximate surface area is 132 Å². The predicted octanol–water partition coefficient (Wildman–Crippen LogP) is 5.89. The molecule has 0 amide bonds. The fourth-order valence-corrected chi connectivity index (χ4v) is 3.12. The van der Waals surface area contributed by atoms with E-state index in [0.717, 1.165) is 22.9 Å². The molecule has 4 heteroatoms. The maximum absolute atomic E-state index is 6.04. The smallest absolute Gasteiger partial charge is 0.0423 e. The maximum atomic E-state index is 6.04. The molecule has 2 aromatic rings. The van der Waals surface area contributed by atoms with Crippen molar-refractivity contribution in [1.82, 2.24) is 4.98 Å². The summed E-state index contributed by atoms with van der Waals surface area (Å²) in [5.74, 6) is 0.416. The first-order chi connectivity index (χ1) is 9.08. The zero-order chi connectivity index (χ0) is 13.8. The number of hydrogen-bond donors (Lipinski definition) is 0. The van der Waals surface area contributed by atoms with Crippen LogP contribution in [0.3, 0.4) is 0 Å². The Hall–Kier alpha value is -0.570. The van der Waals surface area contributed by atoms with E-state index in [-0.39, 0.29) is 0 Å². The summed E-state index contributed by atoms with van der Waals surface area (Å²) < 4.78 is 1.01. The van der Waals surface area contributed by atoms with Crippen LogP contribution < -0.4 is 0 Å². The molecule has 0 aliphatic carbocycles. The van der Waals surface area contributed by atoms with Crippen LogP contribution in [0.25, 0.3) is 0 Å². The van der Waals surface area contributed by atoms with Gasteiger partial charge in [-0.1, -0.05) is 30.1 Å². The van der Waals surface area contributed by atoms with Crippen LogP contribution in [0.15, 0.2) is 41.1 Å². The van der Waals surface area contributed by atoms with Crippen molar-refractivity contribution in [2.45, 2.75) is 25.7 Å². The summed E-state index contributed by atoms with van der Waals surface area (Å²) in [5.41, 5.74) is 2.39. The molecule has 0 fully saturated rings. The lowest BCUT2D eigenvalue weighted by atomic mass is 9.91. The molecule has 0 radical (unpaired) electrons. The Morgan fingerprint density at radius 3 is 2.37 bits per heavy atom. The SMILES string of the molecule is CCC(Cc1cc(Cl)cc(Cl)c1)c1cncc(Br)c1. The van der Waals surface area contributed by atoms with Crippen LogP contribution in [0.4, 0.5) is 0 Å². The summed E-state index contributed by atoms with van der Waals surface area (Å²) in [6.07, 6.45) is 5.68. The van der Waals surface area contributed by atoms with Gasteiger partial charge in [0.25, 0.3) is 0 Å². The van der Waals surface area contributed by atoms with E-state index in [2.05, 4.69) is 33.9 Å². The van der Waals surface area contributed by atoms with E-state index in [1.165, 1.54) is 5.56 Å². The maximum Gasteiger partial charge on any atom is 0.0423 e. The highest BCUT2D eigenvalue weighted by molar-refractivity contribution is 9.10. The molecule has 1 heterocycles. The van der Waals surface area contributed by atoms with Crippen molar-refractivity contribution in [3.8, 4) is 0 Å². The number of halogens is 3. The number of nitrogens with zero attached hydrogens (tertiary/aromatic N) is 1. The molecular formula is C15H14BrCl2N. The fraction of sp³-hybridized carbons (Fsp3) is 0.267. The second-order valence-electron chi connectivity index (χ2n) is 4.52. The lowest BCUT2D eigenvalue weighted by molar-refractivity contribution is 0.657. The molecular weight excluding hydrogens is 345 g/mol. The molecule has 1 aromatic heterocycles. The lowest BCUT2D eigenvalue weighted by Crippen LogP contribution is -2.02. The van der Waals surface area contributed by atoms with E-state index in [1.807, 2.05) is 18.3 Å². The summed E-state index contributed by atoms with van der Waals surface area (Å²) >= 11 is 15.6. The molecule has 0 aliphatic heterocycles. The minimum atomic E-state index is 0.416. The highest BCUT2D eigenvalue weighted by atomic mass is 79.9. The molecule has 1 nitrogen and oxygen atoms in total. The average molecular weight is 359 g/mol. The van der Waals surface area contributed by atoms with Gasteiger partial charge in [-0.3, -0.25) is 4.98 Å². The standard InChI is InChI=1S/C15H14BrCl2N/c1-2-11(12-6-13(16)9-19-8-12)3-10-4-14(17)7-15(18)5-10/h4-9,11H,2-3H2,1H3. The first kappa shape index (κ1) is 14.8. The van der Waals surface area contributed by atoms with Crippen molar-refractivity contribution in [1.29, 1.82) is 0 Å². The first-order valence-electron chi connectivity index (χ1n) is 6.14. The topological polar surface area (TPSA) is 12.9 Å². The van der Waals surface area contributed by atoms with Gasteiger partial charge in [0.05, 0.1) is 0 Å². The number of pyridine rings is 1. The van der Waals surface area contributed by atoms with Crippen molar-refractivity contribution < 1.29 is 0 Å². The number of benzene rings is 1. The molecule has 0 N–H and O–H groups in total. The average Bonchev–Trinajstić information content (AvgIpc) is 2.34. The van der Waals surface area contributed by atoms with E-state index < -0.39 is 0 Å². The van der Waals surface area contributed by atoms with Crippen LogP contribution in [0.1, 0.15) is 30.4 Å². The third-order valence-corrected chi connectivity index (χ3v) is 3.96. The van der Waals surface area contributed by atoms with Gasteiger partial charge in [-0.05, 0) is 70.1 Å². The molecule has 1 unspecified atom stereocenters. The van der Waals surface area contributed by atoms with E-state index in [9.17, 15) is 0 Å². The van der Waals surface area contributed by atoms with Gasteiger partial charge in [0.1, 0.15) is 0 Å². The minimum Gasteiger partial charge on any atom is -0.263 e. The molecule has 1 aromatic carbocycles. The molecule has 19 heavy (non-hydrogen) atoms. The largest absolute Gasteiger partial charge is 0.263 e. The van der Waals surface area contributed by atoms with Gasteiger partial charge in [-0.15, -0.1) is 0 Å². The molecule has 0 aliphatic rings. The van der Waals surface area contributed by atoms with Gasteiger partial charge in [0.2, 0.25) is 0 Å². The Kier molecular flexibility index (Phi) is 5.26. The van der Waals surface area contributed by atoms with Gasteiger partial charge in [-0.25, -0.2) is 0 Å². The van der Waals surface area contributed by atoms with E-state index in [4.69, 9.17) is 23.2 Å². The Bertz CT molecular complexity index is 552. The van der Waals surface area contributed by atoms with Crippen LogP contribution in [0.2, 0.25) is 10.0 Å². The van der Waals surface area contributed by atoms with Crippen molar-refractivity contribution in [2.24, 2.45) is 0 Å². The van der Waals surface area contributed by atoms with Gasteiger partial charge >= 0.3 is 0 Å². The van der Waals surface area contributed by atoms with Crippen molar-refractivity contribution in [3.05, 3.63) is 62.3 Å². The Balaban J connectivity index is 2.23. The Morgan fingerprint density at radius 1 is 1.11 bits per heavy atom. The quantitative estimate of drug-likeness (QED) is 0.664. The van der Waals surface area contributed by atoms with Crippen LogP contribution >= 0.6 is 39.1 Å². The van der Waals surface area contributed by atoms with Crippen LogP contribution in [0.5, 0.6) is 0 Å². The van der Waals surface area contributed by atoms with Gasteiger partial charge in [-0.2, -0.15) is 0 Å². The van der Waals surface area contributed by atoms with Crippen molar-refractivity contribution in [2.75, 3.05) is 0 Å². The highest BCUT2D eigenvalue weighted by Crippen LogP contribution is 2.28. The van der Waals surface area contributed by atoms with Gasteiger partial charge < -0.3 is 0 Å². The lowest BCUT2D eigenvalue weighted by Gasteiger charge is -2.15. The van der Waals surface area contributed by atoms with E-state index in [0.29, 0.717) is 16.0 Å². The molecule has 0 saturated heterocycles. The normalized spacial score (nSPS) is 12.4. The predicted molar refractivity (Wildman–Crippen MR) is 85.1 cm³/mol. The van der Waals surface area contributed by atoms with Crippen LogP contribution in [-0.2, 0) is 6.42 Å². The zero-order valence-electron chi connectivity index (χ0n) is 10.5. The fourth-order valence-electron chi connectivity index (χ4n) is 2.16. The highest BCUT2D eigenvalue weighted by Gasteiger charge is 2.12. The zero-order valence-corrected chi connectivity index (χ0v) is 13.6. The first-order valence-corrected chi connectivity index (χ1v) is 7.68. The summed E-state index contributed by atoms with van der Waals surface area (Å²) in [4.78, 5) is 4.23. The summed E-state index contributed by atoms with van der Waals surface area (Å²) in [7, 11) is 0. The van der Waals surface area contributed by atoms with E-state index in [1.54, 1.807) is 12.3 Å².